The van der Waals surface area contributed by atoms with Crippen LogP contribution in [0.5, 0.6) is 0 Å². The van der Waals surface area contributed by atoms with E-state index >= 15 is 0 Å². The summed E-state index contributed by atoms with van der Waals surface area (Å²) >= 11 is 1.44. The van der Waals surface area contributed by atoms with Gasteiger partial charge in [0.25, 0.3) is 0 Å². The Hall–Kier alpha value is -0.940. The maximum absolute atomic E-state index is 11.8. The van der Waals surface area contributed by atoms with E-state index in [-0.39, 0.29) is 11.8 Å². The molecule has 1 aromatic rings. The smallest absolute Gasteiger partial charge is 0.243 e. The van der Waals surface area contributed by atoms with Crippen molar-refractivity contribution < 1.29 is 4.79 Å². The molecular weight excluding hydrogens is 234 g/mol. The molecule has 1 aromatic heterocycles. The van der Waals surface area contributed by atoms with Gasteiger partial charge in [0, 0.05) is 5.38 Å². The van der Waals surface area contributed by atoms with Gasteiger partial charge in [-0.2, -0.15) is 0 Å². The van der Waals surface area contributed by atoms with Gasteiger partial charge in [-0.05, 0) is 11.8 Å². The topological polar surface area (TPSA) is 68.0 Å². The number of hydrogen-bond donors (Lipinski definition) is 2. The summed E-state index contributed by atoms with van der Waals surface area (Å²) in [5.74, 6) is 0.406. The zero-order valence-corrected chi connectivity index (χ0v) is 11.7. The maximum atomic E-state index is 11.8. The molecule has 0 unspecified atom stereocenters. The molecule has 0 spiro atoms. The van der Waals surface area contributed by atoms with Crippen molar-refractivity contribution in [3.8, 4) is 0 Å². The minimum atomic E-state index is -0.466. The first-order chi connectivity index (χ1) is 7.95. The van der Waals surface area contributed by atoms with Crippen LogP contribution in [0.4, 0.5) is 5.13 Å². The summed E-state index contributed by atoms with van der Waals surface area (Å²) in [5.41, 5.74) is 6.85. The highest BCUT2D eigenvalue weighted by atomic mass is 32.1. The molecule has 0 saturated heterocycles. The van der Waals surface area contributed by atoms with Gasteiger partial charge in [0.05, 0.1) is 11.7 Å². The summed E-state index contributed by atoms with van der Waals surface area (Å²) in [5, 5.41) is 5.38. The SMILES string of the molecule is CC[C@H](C)[C@H](N)C(=O)Nc1nc(C(C)C)cs1. The lowest BCUT2D eigenvalue weighted by molar-refractivity contribution is -0.118. The summed E-state index contributed by atoms with van der Waals surface area (Å²) in [6.07, 6.45) is 0.893. The Kier molecular flexibility index (Phi) is 5.08. The highest BCUT2D eigenvalue weighted by molar-refractivity contribution is 7.13. The summed E-state index contributed by atoms with van der Waals surface area (Å²) in [6, 6.07) is -0.466. The second-order valence-electron chi connectivity index (χ2n) is 4.63. The number of amides is 1. The third-order valence-electron chi connectivity index (χ3n) is 2.90. The molecule has 17 heavy (non-hydrogen) atoms. The molecule has 0 radical (unpaired) electrons. The molecule has 0 aromatic carbocycles. The number of rotatable bonds is 5. The Morgan fingerprint density at radius 1 is 1.53 bits per heavy atom. The Labute approximate surface area is 107 Å². The number of thiazole rings is 1. The summed E-state index contributed by atoms with van der Waals surface area (Å²) < 4.78 is 0. The Morgan fingerprint density at radius 2 is 2.18 bits per heavy atom. The van der Waals surface area contributed by atoms with Crippen LogP contribution in [0, 0.1) is 5.92 Å². The second kappa shape index (κ2) is 6.12. The van der Waals surface area contributed by atoms with Crippen molar-refractivity contribution >= 4 is 22.4 Å². The van der Waals surface area contributed by atoms with Crippen molar-refractivity contribution in [1.82, 2.24) is 4.98 Å². The maximum Gasteiger partial charge on any atom is 0.243 e. The Morgan fingerprint density at radius 3 is 2.65 bits per heavy atom. The van der Waals surface area contributed by atoms with E-state index in [4.69, 9.17) is 5.73 Å². The largest absolute Gasteiger partial charge is 0.320 e. The normalized spacial score (nSPS) is 14.7. The van der Waals surface area contributed by atoms with Crippen molar-refractivity contribution in [2.75, 3.05) is 5.32 Å². The van der Waals surface area contributed by atoms with Gasteiger partial charge in [0.1, 0.15) is 0 Å². The minimum absolute atomic E-state index is 0.149. The highest BCUT2D eigenvalue weighted by Gasteiger charge is 2.20. The summed E-state index contributed by atoms with van der Waals surface area (Å²) in [4.78, 5) is 16.2. The number of nitrogens with one attached hydrogen (secondary N) is 1. The van der Waals surface area contributed by atoms with Gasteiger partial charge in [-0.25, -0.2) is 4.98 Å². The quantitative estimate of drug-likeness (QED) is 0.849. The number of hydrogen-bond acceptors (Lipinski definition) is 4. The fourth-order valence-corrected chi connectivity index (χ4v) is 2.18. The lowest BCUT2D eigenvalue weighted by Crippen LogP contribution is -2.40. The van der Waals surface area contributed by atoms with Crippen molar-refractivity contribution in [3.63, 3.8) is 0 Å². The molecule has 0 aliphatic rings. The van der Waals surface area contributed by atoms with Crippen LogP contribution in [0.2, 0.25) is 0 Å². The van der Waals surface area contributed by atoms with E-state index in [1.165, 1.54) is 11.3 Å². The fourth-order valence-electron chi connectivity index (χ4n) is 1.31. The zero-order valence-electron chi connectivity index (χ0n) is 10.9. The molecule has 1 rings (SSSR count). The van der Waals surface area contributed by atoms with Crippen molar-refractivity contribution in [1.29, 1.82) is 0 Å². The molecule has 3 N–H and O–H groups in total. The molecule has 1 heterocycles. The Bertz CT molecular complexity index is 376. The molecule has 0 aliphatic carbocycles. The van der Waals surface area contributed by atoms with Gasteiger partial charge >= 0.3 is 0 Å². The fraction of sp³-hybridized carbons (Fsp3) is 0.667. The molecule has 1 amide bonds. The number of nitrogens with two attached hydrogens (primary N) is 1. The van der Waals surface area contributed by atoms with Gasteiger partial charge in [0.15, 0.2) is 5.13 Å². The monoisotopic (exact) mass is 255 g/mol. The van der Waals surface area contributed by atoms with Crippen LogP contribution >= 0.6 is 11.3 Å². The standard InChI is InChI=1S/C12H21N3OS/c1-5-8(4)10(13)11(16)15-12-14-9(6-17-12)7(2)3/h6-8,10H,5,13H2,1-4H3,(H,14,15,16)/t8-,10-/m0/s1. The average molecular weight is 255 g/mol. The predicted molar refractivity (Wildman–Crippen MR) is 72.3 cm³/mol. The number of nitrogens with zero attached hydrogens (tertiary/aromatic N) is 1. The van der Waals surface area contributed by atoms with Gasteiger partial charge in [-0.1, -0.05) is 34.1 Å². The third-order valence-corrected chi connectivity index (χ3v) is 3.68. The highest BCUT2D eigenvalue weighted by Crippen LogP contribution is 2.21. The van der Waals surface area contributed by atoms with E-state index in [9.17, 15) is 4.79 Å². The first-order valence-electron chi connectivity index (χ1n) is 5.97. The van der Waals surface area contributed by atoms with Crippen LogP contribution in [0.3, 0.4) is 0 Å². The van der Waals surface area contributed by atoms with Crippen molar-refractivity contribution in [2.45, 2.75) is 46.1 Å². The van der Waals surface area contributed by atoms with E-state index in [0.717, 1.165) is 12.1 Å². The van der Waals surface area contributed by atoms with Crippen LogP contribution in [0.25, 0.3) is 0 Å². The molecule has 5 heteroatoms. The van der Waals surface area contributed by atoms with E-state index in [0.29, 0.717) is 11.0 Å². The van der Waals surface area contributed by atoms with E-state index < -0.39 is 6.04 Å². The summed E-state index contributed by atoms with van der Waals surface area (Å²) in [7, 11) is 0. The average Bonchev–Trinajstić information content (AvgIpc) is 2.75. The molecule has 0 aliphatic heterocycles. The molecule has 2 atom stereocenters. The van der Waals surface area contributed by atoms with E-state index in [1.54, 1.807) is 0 Å². The number of carbonyl (C=O) groups is 1. The van der Waals surface area contributed by atoms with Crippen LogP contribution in [-0.2, 0) is 4.79 Å². The second-order valence-corrected chi connectivity index (χ2v) is 5.49. The van der Waals surface area contributed by atoms with Gasteiger partial charge in [0.2, 0.25) is 5.91 Å². The lowest BCUT2D eigenvalue weighted by Gasteiger charge is -2.16. The number of anilines is 1. The van der Waals surface area contributed by atoms with Gasteiger partial charge in [-0.15, -0.1) is 11.3 Å². The van der Waals surface area contributed by atoms with Gasteiger partial charge in [-0.3, -0.25) is 4.79 Å². The first kappa shape index (κ1) is 14.1. The van der Waals surface area contributed by atoms with Crippen LogP contribution in [0.1, 0.15) is 45.7 Å². The minimum Gasteiger partial charge on any atom is -0.320 e. The summed E-state index contributed by atoms with van der Waals surface area (Å²) in [6.45, 7) is 8.15. The molecule has 0 bridgehead atoms. The van der Waals surface area contributed by atoms with Crippen molar-refractivity contribution in [3.05, 3.63) is 11.1 Å². The van der Waals surface area contributed by atoms with Crippen molar-refractivity contribution in [2.24, 2.45) is 11.7 Å². The predicted octanol–water partition coefficient (Wildman–Crippen LogP) is 2.58. The lowest BCUT2D eigenvalue weighted by atomic mass is 10.00. The molecular formula is C12H21N3OS. The third kappa shape index (κ3) is 3.78. The van der Waals surface area contributed by atoms with E-state index in [2.05, 4.69) is 24.1 Å². The first-order valence-corrected chi connectivity index (χ1v) is 6.85. The van der Waals surface area contributed by atoms with E-state index in [1.807, 2.05) is 19.2 Å². The Balaban J connectivity index is 2.61. The zero-order chi connectivity index (χ0) is 13.0. The van der Waals surface area contributed by atoms with Crippen LogP contribution in [-0.4, -0.2) is 16.9 Å². The number of aromatic nitrogens is 1. The molecule has 0 saturated carbocycles. The molecule has 4 nitrogen and oxygen atoms in total. The molecule has 0 fully saturated rings. The van der Waals surface area contributed by atoms with Crippen LogP contribution < -0.4 is 11.1 Å². The number of carbonyl (C=O) groups excluding carboxylic acids is 1. The van der Waals surface area contributed by atoms with Gasteiger partial charge < -0.3 is 11.1 Å². The molecule has 96 valence electrons. The van der Waals surface area contributed by atoms with Crippen LogP contribution in [0.15, 0.2) is 5.38 Å².